The van der Waals surface area contributed by atoms with Crippen molar-refractivity contribution < 1.29 is 0 Å². The average molecular weight is 396 g/mol. The van der Waals surface area contributed by atoms with E-state index in [0.717, 1.165) is 28.2 Å². The summed E-state index contributed by atoms with van der Waals surface area (Å²) in [5.74, 6) is 1.77. The molecule has 27 heavy (non-hydrogen) atoms. The van der Waals surface area contributed by atoms with Crippen LogP contribution in [-0.2, 0) is 13.1 Å². The molecule has 4 aromatic rings. The maximum absolute atomic E-state index is 9.28. The number of halogens is 2. The highest BCUT2D eigenvalue weighted by Crippen LogP contribution is 2.25. The first kappa shape index (κ1) is 17.6. The molecule has 0 saturated carbocycles. The first-order valence-electron chi connectivity index (χ1n) is 8.36. The molecule has 0 N–H and O–H groups in total. The van der Waals surface area contributed by atoms with E-state index in [4.69, 9.17) is 28.2 Å². The van der Waals surface area contributed by atoms with Gasteiger partial charge in [-0.25, -0.2) is 9.97 Å². The molecule has 0 unspecified atom stereocenters. The number of rotatable bonds is 4. The number of aryl methyl sites for hydroxylation is 1. The zero-order valence-corrected chi connectivity index (χ0v) is 16.0. The molecule has 0 radical (unpaired) electrons. The summed E-state index contributed by atoms with van der Waals surface area (Å²) in [5.41, 5.74) is 3.21. The van der Waals surface area contributed by atoms with Crippen molar-refractivity contribution in [2.75, 3.05) is 0 Å². The largest absolute Gasteiger partial charge is 0.328 e. The van der Waals surface area contributed by atoms with Crippen LogP contribution in [0.2, 0.25) is 10.0 Å². The number of aromatic nitrogens is 4. The predicted octanol–water partition coefficient (Wildman–Crippen LogP) is 4.82. The summed E-state index contributed by atoms with van der Waals surface area (Å²) in [6.45, 7) is 3.03. The number of nitrogens with zero attached hydrogens (tertiary/aromatic N) is 5. The lowest BCUT2D eigenvalue weighted by Crippen LogP contribution is -2.10. The highest BCUT2D eigenvalue weighted by atomic mass is 35.5. The van der Waals surface area contributed by atoms with E-state index in [2.05, 4.69) is 15.6 Å². The van der Waals surface area contributed by atoms with E-state index in [-0.39, 0.29) is 0 Å². The van der Waals surface area contributed by atoms with E-state index in [1.54, 1.807) is 24.4 Å². The van der Waals surface area contributed by atoms with Gasteiger partial charge in [0.25, 0.3) is 0 Å². The van der Waals surface area contributed by atoms with Crippen LogP contribution in [0, 0.1) is 18.3 Å². The molecular weight excluding hydrogens is 381 g/mol. The average Bonchev–Trinajstić information content (AvgIpc) is 3.21. The Hall–Kier alpha value is -2.81. The fraction of sp³-hybridized carbons (Fsp3) is 0.150. The first-order chi connectivity index (χ1) is 13.0. The van der Waals surface area contributed by atoms with Crippen LogP contribution in [0.25, 0.3) is 11.0 Å². The number of fused-ring (bicyclic) bond motifs is 1. The first-order valence-corrected chi connectivity index (χ1v) is 9.11. The van der Waals surface area contributed by atoms with Crippen molar-refractivity contribution in [2.24, 2.45) is 0 Å². The van der Waals surface area contributed by atoms with Crippen molar-refractivity contribution in [3.05, 3.63) is 81.6 Å². The van der Waals surface area contributed by atoms with Gasteiger partial charge in [-0.05, 0) is 48.9 Å². The molecule has 7 heteroatoms. The Labute approximate surface area is 166 Å². The molecule has 0 aliphatic heterocycles. The third kappa shape index (κ3) is 3.42. The Morgan fingerprint density at radius 3 is 2.70 bits per heavy atom. The van der Waals surface area contributed by atoms with Gasteiger partial charge in [-0.1, -0.05) is 23.2 Å². The van der Waals surface area contributed by atoms with Crippen LogP contribution in [0.1, 0.15) is 22.8 Å². The van der Waals surface area contributed by atoms with Gasteiger partial charge in [-0.15, -0.1) is 0 Å². The topological polar surface area (TPSA) is 59.4 Å². The summed E-state index contributed by atoms with van der Waals surface area (Å²) in [6, 6.07) is 13.1. The highest BCUT2D eigenvalue weighted by molar-refractivity contribution is 6.33. The summed E-state index contributed by atoms with van der Waals surface area (Å²) in [6.07, 6.45) is 3.69. The van der Waals surface area contributed by atoms with Gasteiger partial charge >= 0.3 is 0 Å². The molecule has 4 rings (SSSR count). The molecule has 0 bridgehead atoms. The van der Waals surface area contributed by atoms with Gasteiger partial charge in [0.1, 0.15) is 11.6 Å². The fourth-order valence-corrected chi connectivity index (χ4v) is 3.47. The number of benzene rings is 2. The summed E-state index contributed by atoms with van der Waals surface area (Å²) < 4.78 is 4.11. The van der Waals surface area contributed by atoms with E-state index in [1.807, 2.05) is 35.9 Å². The number of hydrogen-bond acceptors (Lipinski definition) is 3. The van der Waals surface area contributed by atoms with Gasteiger partial charge < -0.3 is 9.13 Å². The summed E-state index contributed by atoms with van der Waals surface area (Å²) in [4.78, 5) is 9.06. The predicted molar refractivity (Wildman–Crippen MR) is 106 cm³/mol. The number of imidazole rings is 2. The van der Waals surface area contributed by atoms with Crippen LogP contribution in [0.3, 0.4) is 0 Å². The van der Waals surface area contributed by atoms with E-state index < -0.39 is 0 Å². The Kier molecular flexibility index (Phi) is 4.61. The molecule has 0 aliphatic carbocycles. The highest BCUT2D eigenvalue weighted by Gasteiger charge is 2.15. The summed E-state index contributed by atoms with van der Waals surface area (Å²) in [5, 5.41) is 10.5. The quantitative estimate of drug-likeness (QED) is 0.497. The second kappa shape index (κ2) is 7.07. The second-order valence-corrected chi connectivity index (χ2v) is 7.11. The number of hydrogen-bond donors (Lipinski definition) is 0. The van der Waals surface area contributed by atoms with Crippen molar-refractivity contribution in [3.63, 3.8) is 0 Å². The minimum atomic E-state index is 0.508. The minimum Gasteiger partial charge on any atom is -0.328 e. The molecule has 134 valence electrons. The molecule has 0 aliphatic rings. The van der Waals surface area contributed by atoms with Crippen molar-refractivity contribution in [1.29, 1.82) is 5.26 Å². The Balaban J connectivity index is 1.86. The maximum Gasteiger partial charge on any atom is 0.130 e. The van der Waals surface area contributed by atoms with Gasteiger partial charge in [-0.3, -0.25) is 0 Å². The zero-order chi connectivity index (χ0) is 19.0. The summed E-state index contributed by atoms with van der Waals surface area (Å²) >= 11 is 12.5. The normalized spacial score (nSPS) is 11.0. The second-order valence-electron chi connectivity index (χ2n) is 6.27. The van der Waals surface area contributed by atoms with Crippen molar-refractivity contribution in [2.45, 2.75) is 20.0 Å². The Morgan fingerprint density at radius 1 is 1.11 bits per heavy atom. The molecule has 0 spiro atoms. The van der Waals surface area contributed by atoms with Gasteiger partial charge in [0.15, 0.2) is 0 Å². The lowest BCUT2D eigenvalue weighted by Gasteiger charge is -2.12. The van der Waals surface area contributed by atoms with E-state index in [9.17, 15) is 5.26 Å². The zero-order valence-electron chi connectivity index (χ0n) is 14.5. The van der Waals surface area contributed by atoms with Crippen LogP contribution >= 0.6 is 23.2 Å². The third-order valence-corrected chi connectivity index (χ3v) is 5.13. The van der Waals surface area contributed by atoms with Gasteiger partial charge in [0.2, 0.25) is 0 Å². The summed E-state index contributed by atoms with van der Waals surface area (Å²) in [7, 11) is 0. The molecule has 0 atom stereocenters. The SMILES string of the molecule is Cc1nccn1Cc1nc2ccc(C#N)cc2n1Cc1cc(Cl)ccc1Cl. The van der Waals surface area contributed by atoms with Crippen LogP contribution in [0.5, 0.6) is 0 Å². The lowest BCUT2D eigenvalue weighted by molar-refractivity contribution is 0.664. The fourth-order valence-electron chi connectivity index (χ4n) is 3.10. The van der Waals surface area contributed by atoms with Gasteiger partial charge in [0.05, 0.1) is 35.8 Å². The molecule has 0 saturated heterocycles. The lowest BCUT2D eigenvalue weighted by atomic mass is 10.2. The molecular formula is C20H15Cl2N5. The van der Waals surface area contributed by atoms with Crippen molar-refractivity contribution >= 4 is 34.2 Å². The van der Waals surface area contributed by atoms with Crippen molar-refractivity contribution in [1.82, 2.24) is 19.1 Å². The third-order valence-electron chi connectivity index (χ3n) is 4.53. The van der Waals surface area contributed by atoms with E-state index in [1.165, 1.54) is 0 Å². The minimum absolute atomic E-state index is 0.508. The van der Waals surface area contributed by atoms with Gasteiger partial charge in [0, 0.05) is 22.4 Å². The monoisotopic (exact) mass is 395 g/mol. The van der Waals surface area contributed by atoms with Crippen LogP contribution in [-0.4, -0.2) is 19.1 Å². The van der Waals surface area contributed by atoms with Crippen LogP contribution < -0.4 is 0 Å². The molecule has 5 nitrogen and oxygen atoms in total. The maximum atomic E-state index is 9.28. The molecule has 0 fully saturated rings. The van der Waals surface area contributed by atoms with E-state index >= 15 is 0 Å². The molecule has 2 heterocycles. The standard InChI is InChI=1S/C20H15Cl2N5/c1-13-24-6-7-26(13)12-20-25-18-5-2-14(10-23)8-19(18)27(20)11-15-9-16(21)3-4-17(15)22/h2-9H,11-12H2,1H3. The molecule has 0 amide bonds. The van der Waals surface area contributed by atoms with Gasteiger partial charge in [-0.2, -0.15) is 5.26 Å². The molecule has 2 aromatic heterocycles. The van der Waals surface area contributed by atoms with E-state index in [0.29, 0.717) is 28.7 Å². The number of nitriles is 1. The molecule has 2 aromatic carbocycles. The van der Waals surface area contributed by atoms with Crippen LogP contribution in [0.4, 0.5) is 0 Å². The Morgan fingerprint density at radius 2 is 1.96 bits per heavy atom. The smallest absolute Gasteiger partial charge is 0.130 e. The Bertz CT molecular complexity index is 1180. The van der Waals surface area contributed by atoms with Crippen LogP contribution in [0.15, 0.2) is 48.8 Å². The van der Waals surface area contributed by atoms with Crippen molar-refractivity contribution in [3.8, 4) is 6.07 Å².